The van der Waals surface area contributed by atoms with E-state index in [9.17, 15) is 31.5 Å². The Hall–Kier alpha value is -4.65. The number of hydrogen-bond acceptors (Lipinski definition) is 5. The Morgan fingerprint density at radius 1 is 0.809 bits per heavy atom. The van der Waals surface area contributed by atoms with Gasteiger partial charge in [0.25, 0.3) is 11.3 Å². The third-order valence-electron chi connectivity index (χ3n) is 7.68. The number of aromatic carboxylic acids is 1. The highest BCUT2D eigenvalue weighted by atomic mass is 32.2. The summed E-state index contributed by atoms with van der Waals surface area (Å²) >= 11 is -2.39. The molecule has 1 aromatic heterocycles. The van der Waals surface area contributed by atoms with E-state index in [1.165, 1.54) is 46.8 Å². The summed E-state index contributed by atoms with van der Waals surface area (Å²) in [5.74, 6) is -2.10. The predicted molar refractivity (Wildman–Crippen MR) is 183 cm³/mol. The van der Waals surface area contributed by atoms with E-state index < -0.39 is 33.1 Å². The summed E-state index contributed by atoms with van der Waals surface area (Å²) < 4.78 is 65.4. The van der Waals surface area contributed by atoms with E-state index in [-0.39, 0.29) is 36.5 Å². The summed E-state index contributed by atoms with van der Waals surface area (Å²) in [5.41, 5.74) is 3.58. The Morgan fingerprint density at radius 3 is 2.28 bits per heavy atom. The zero-order valence-corrected chi connectivity index (χ0v) is 27.0. The minimum Gasteiger partial charge on any atom is -0.478 e. The van der Waals surface area contributed by atoms with Gasteiger partial charge in [-0.3, -0.25) is 18.1 Å². The number of carbonyl (C=O) groups is 1. The first kappa shape index (κ1) is 33.7. The number of halogens is 1. The SMILES string of the molecule is O=C(O)c1ccccc1N(CCCCN(c1ccc(F)cc1)S(=O)O)S(=O)(=O)Cc1cccc(CCc2ccc3ccccc3n2)c1. The van der Waals surface area contributed by atoms with Crippen LogP contribution in [0.5, 0.6) is 0 Å². The third kappa shape index (κ3) is 8.79. The number of aryl methyl sites for hydroxylation is 2. The molecule has 0 aliphatic rings. The highest BCUT2D eigenvalue weighted by Gasteiger charge is 2.27. The largest absolute Gasteiger partial charge is 0.478 e. The minimum absolute atomic E-state index is 0.0414. The molecule has 0 saturated carbocycles. The van der Waals surface area contributed by atoms with Crippen molar-refractivity contribution < 1.29 is 31.5 Å². The quantitative estimate of drug-likeness (QED) is 0.0944. The molecule has 0 amide bonds. The van der Waals surface area contributed by atoms with Gasteiger partial charge in [-0.2, -0.15) is 0 Å². The van der Waals surface area contributed by atoms with Crippen molar-refractivity contribution in [2.24, 2.45) is 0 Å². The number of sulfonamides is 1. The lowest BCUT2D eigenvalue weighted by molar-refractivity contribution is 0.0697. The lowest BCUT2D eigenvalue weighted by Gasteiger charge is -2.27. The maximum atomic E-state index is 14.0. The minimum atomic E-state index is -4.07. The van der Waals surface area contributed by atoms with E-state index in [0.29, 0.717) is 30.5 Å². The summed E-state index contributed by atoms with van der Waals surface area (Å²) in [5, 5.41) is 10.9. The maximum Gasteiger partial charge on any atom is 0.337 e. The average molecular weight is 676 g/mol. The molecule has 0 saturated heterocycles. The fourth-order valence-corrected chi connectivity index (χ4v) is 7.59. The molecule has 9 nitrogen and oxygen atoms in total. The van der Waals surface area contributed by atoms with Crippen LogP contribution in [0.3, 0.4) is 0 Å². The molecule has 0 radical (unpaired) electrons. The summed E-state index contributed by atoms with van der Waals surface area (Å²) in [7, 11) is -4.07. The summed E-state index contributed by atoms with van der Waals surface area (Å²) in [6, 6.07) is 30.3. The van der Waals surface area contributed by atoms with Gasteiger partial charge in [0.05, 0.1) is 28.2 Å². The van der Waals surface area contributed by atoms with Crippen LogP contribution in [-0.4, -0.2) is 46.3 Å². The summed E-state index contributed by atoms with van der Waals surface area (Å²) in [4.78, 5) is 16.8. The molecule has 0 aliphatic heterocycles. The highest BCUT2D eigenvalue weighted by Crippen LogP contribution is 2.27. The molecule has 0 fully saturated rings. The van der Waals surface area contributed by atoms with Gasteiger partial charge >= 0.3 is 5.97 Å². The van der Waals surface area contributed by atoms with Crippen molar-refractivity contribution in [3.63, 3.8) is 0 Å². The number of aromatic nitrogens is 1. The topological polar surface area (TPSA) is 128 Å². The molecule has 0 bridgehead atoms. The van der Waals surface area contributed by atoms with Gasteiger partial charge in [0, 0.05) is 24.2 Å². The number of nitrogens with zero attached hydrogens (tertiary/aromatic N) is 3. The number of unbranched alkanes of at least 4 members (excludes halogenated alkanes) is 1. The first-order valence-corrected chi connectivity index (χ1v) is 17.7. The van der Waals surface area contributed by atoms with Crippen molar-refractivity contribution in [2.45, 2.75) is 31.4 Å². The number of carboxylic acids is 1. The van der Waals surface area contributed by atoms with E-state index in [1.807, 2.05) is 54.6 Å². The van der Waals surface area contributed by atoms with Crippen molar-refractivity contribution in [1.29, 1.82) is 0 Å². The first-order chi connectivity index (χ1) is 22.6. The van der Waals surface area contributed by atoms with Crippen LogP contribution < -0.4 is 8.61 Å². The standard InChI is InChI=1S/C35H34FN3O6S2/c36-29-16-20-31(21-17-29)38(46(42)43)22-5-6-23-39(34-13-4-2-11-32(34)35(40)41)47(44,45)25-27-9-7-8-26(24-27)14-18-30-19-15-28-10-1-3-12-33(28)37-30/h1-4,7-13,15-17,19-21,24H,5-6,14,18,22-23,25H2,(H,40,41)(H,42,43). The maximum absolute atomic E-state index is 14.0. The number of hydrogen-bond donors (Lipinski definition) is 2. The number of benzene rings is 4. The van der Waals surface area contributed by atoms with Gasteiger partial charge in [-0.05, 0) is 85.3 Å². The molecule has 12 heteroatoms. The van der Waals surface area contributed by atoms with Crippen LogP contribution in [0.1, 0.15) is 40.0 Å². The van der Waals surface area contributed by atoms with Crippen LogP contribution in [0.4, 0.5) is 15.8 Å². The van der Waals surface area contributed by atoms with Crippen molar-refractivity contribution >= 4 is 49.5 Å². The van der Waals surface area contributed by atoms with Gasteiger partial charge in [0.2, 0.25) is 10.0 Å². The van der Waals surface area contributed by atoms with Gasteiger partial charge in [-0.25, -0.2) is 21.8 Å². The number of fused-ring (bicyclic) bond motifs is 1. The molecule has 1 unspecified atom stereocenters. The third-order valence-corrected chi connectivity index (χ3v) is 10.2. The van der Waals surface area contributed by atoms with Crippen LogP contribution in [0.15, 0.2) is 109 Å². The number of carboxylic acid groups (broad SMARTS) is 1. The summed E-state index contributed by atoms with van der Waals surface area (Å²) in [6.45, 7) is 0.0204. The number of pyridine rings is 1. The Kier molecular flexibility index (Phi) is 11.0. The van der Waals surface area contributed by atoms with E-state index >= 15 is 0 Å². The normalized spacial score (nSPS) is 12.1. The van der Waals surface area contributed by atoms with Gasteiger partial charge < -0.3 is 5.11 Å². The zero-order valence-electron chi connectivity index (χ0n) is 25.4. The van der Waals surface area contributed by atoms with E-state index in [0.717, 1.165) is 26.5 Å². The second-order valence-corrected chi connectivity index (χ2v) is 13.8. The van der Waals surface area contributed by atoms with E-state index in [2.05, 4.69) is 0 Å². The van der Waals surface area contributed by atoms with E-state index in [4.69, 9.17) is 4.98 Å². The lowest BCUT2D eigenvalue weighted by Crippen LogP contribution is -2.35. The predicted octanol–water partition coefficient (Wildman–Crippen LogP) is 6.62. The lowest BCUT2D eigenvalue weighted by atomic mass is 10.0. The van der Waals surface area contributed by atoms with Crippen molar-refractivity contribution in [3.8, 4) is 0 Å². The zero-order chi connectivity index (χ0) is 33.4. The molecule has 244 valence electrons. The molecular weight excluding hydrogens is 642 g/mol. The monoisotopic (exact) mass is 675 g/mol. The number of rotatable bonds is 15. The second kappa shape index (κ2) is 15.3. The molecule has 5 rings (SSSR count). The smallest absolute Gasteiger partial charge is 0.337 e. The molecular formula is C35H34FN3O6S2. The molecule has 5 aromatic rings. The van der Waals surface area contributed by atoms with Crippen molar-refractivity contribution in [1.82, 2.24) is 4.98 Å². The highest BCUT2D eigenvalue weighted by molar-refractivity contribution is 7.92. The van der Waals surface area contributed by atoms with Crippen molar-refractivity contribution in [3.05, 3.63) is 137 Å². The number of para-hydroxylation sites is 2. The molecule has 0 spiro atoms. The molecule has 1 heterocycles. The Balaban J connectivity index is 1.31. The van der Waals surface area contributed by atoms with Crippen LogP contribution in [-0.2, 0) is 39.9 Å². The second-order valence-electron chi connectivity index (χ2n) is 11.0. The first-order valence-electron chi connectivity index (χ1n) is 15.0. The van der Waals surface area contributed by atoms with Crippen molar-refractivity contribution in [2.75, 3.05) is 21.7 Å². The van der Waals surface area contributed by atoms with Gasteiger partial charge in [0.15, 0.2) is 0 Å². The summed E-state index contributed by atoms with van der Waals surface area (Å²) in [6.07, 6.45) is 1.87. The van der Waals surface area contributed by atoms with Crippen LogP contribution in [0.25, 0.3) is 10.9 Å². The molecule has 1 atom stereocenters. The molecule has 0 aliphatic carbocycles. The Labute approximate surface area is 275 Å². The van der Waals surface area contributed by atoms with Gasteiger partial charge in [0.1, 0.15) is 5.82 Å². The molecule has 4 aromatic carbocycles. The number of anilines is 2. The van der Waals surface area contributed by atoms with E-state index in [1.54, 1.807) is 12.1 Å². The molecule has 47 heavy (non-hydrogen) atoms. The van der Waals surface area contributed by atoms with Gasteiger partial charge in [-0.1, -0.05) is 60.7 Å². The average Bonchev–Trinajstić information content (AvgIpc) is 3.05. The van der Waals surface area contributed by atoms with Crippen LogP contribution in [0.2, 0.25) is 0 Å². The van der Waals surface area contributed by atoms with Crippen LogP contribution in [0, 0.1) is 5.82 Å². The molecule has 2 N–H and O–H groups in total. The van der Waals surface area contributed by atoms with Crippen LogP contribution >= 0.6 is 0 Å². The van der Waals surface area contributed by atoms with Gasteiger partial charge in [-0.15, -0.1) is 0 Å². The fraction of sp³-hybridized carbons (Fsp3) is 0.200. The fourth-order valence-electron chi connectivity index (χ4n) is 5.38. The Morgan fingerprint density at radius 2 is 1.51 bits per heavy atom. The Bertz CT molecular complexity index is 1990.